The number of rotatable bonds is 3. The van der Waals surface area contributed by atoms with Gasteiger partial charge in [-0.3, -0.25) is 14.8 Å². The summed E-state index contributed by atoms with van der Waals surface area (Å²) < 4.78 is 5.62. The zero-order chi connectivity index (χ0) is 19.7. The van der Waals surface area contributed by atoms with E-state index in [-0.39, 0.29) is 11.5 Å². The fraction of sp³-hybridized carbons (Fsp3) is 0.636. The van der Waals surface area contributed by atoms with Crippen molar-refractivity contribution in [3.8, 4) is 0 Å². The molecule has 6 heteroatoms. The van der Waals surface area contributed by atoms with Gasteiger partial charge in [0.1, 0.15) is 5.84 Å². The Morgan fingerprint density at radius 2 is 1.79 bits per heavy atom. The zero-order valence-electron chi connectivity index (χ0n) is 16.9. The molecular weight excluding hydrogens is 390 g/mol. The van der Waals surface area contributed by atoms with Crippen LogP contribution in [0.5, 0.6) is 0 Å². The fourth-order valence-electron chi connectivity index (χ4n) is 4.80. The summed E-state index contributed by atoms with van der Waals surface area (Å²) in [5, 5.41) is 0.722. The highest BCUT2D eigenvalue weighted by atomic mass is 35.5. The van der Waals surface area contributed by atoms with E-state index in [1.54, 1.807) is 0 Å². The van der Waals surface area contributed by atoms with E-state index in [0.29, 0.717) is 6.04 Å². The summed E-state index contributed by atoms with van der Waals surface area (Å²) in [4.78, 5) is 10.9. The first-order valence-corrected chi connectivity index (χ1v) is 11.3. The van der Waals surface area contributed by atoms with Crippen molar-refractivity contribution in [3.63, 3.8) is 0 Å². The quantitative estimate of drug-likeness (QED) is 0.648. The average molecular weight is 420 g/mol. The van der Waals surface area contributed by atoms with Crippen LogP contribution < -0.4 is 4.90 Å². The van der Waals surface area contributed by atoms with E-state index in [9.17, 15) is 0 Å². The highest BCUT2D eigenvalue weighted by Crippen LogP contribution is 2.43. The molecule has 152 valence electrons. The first kappa shape index (κ1) is 20.3. The molecule has 2 saturated heterocycles. The molecule has 0 bridgehead atoms. The van der Waals surface area contributed by atoms with Gasteiger partial charge < -0.3 is 4.74 Å². The van der Waals surface area contributed by atoms with Crippen LogP contribution in [0.15, 0.2) is 29.3 Å². The Labute approximate surface area is 178 Å². The summed E-state index contributed by atoms with van der Waals surface area (Å²) in [5.41, 5.74) is 0.756. The SMILES string of the molecule is CC1(C)C(=S)N(c2ccccc2Cl)C(=NC2CCCCC2)[C@H]1N1CCOCC1. The summed E-state index contributed by atoms with van der Waals surface area (Å²) in [6, 6.07) is 8.52. The predicted octanol–water partition coefficient (Wildman–Crippen LogP) is 4.95. The van der Waals surface area contributed by atoms with Gasteiger partial charge in [-0.15, -0.1) is 0 Å². The number of para-hydroxylation sites is 1. The van der Waals surface area contributed by atoms with E-state index in [4.69, 9.17) is 33.5 Å². The number of hydrogen-bond donors (Lipinski definition) is 0. The Morgan fingerprint density at radius 1 is 1.11 bits per heavy atom. The first-order chi connectivity index (χ1) is 13.5. The summed E-state index contributed by atoms with van der Waals surface area (Å²) in [6.45, 7) is 7.86. The third-order valence-electron chi connectivity index (χ3n) is 6.31. The molecule has 2 aliphatic heterocycles. The third kappa shape index (κ3) is 3.74. The number of morpholine rings is 1. The van der Waals surface area contributed by atoms with E-state index in [1.165, 1.54) is 32.1 Å². The molecule has 0 N–H and O–H groups in total. The molecule has 2 heterocycles. The molecule has 3 aliphatic rings. The number of ether oxygens (including phenoxy) is 1. The van der Waals surface area contributed by atoms with Gasteiger partial charge in [0.2, 0.25) is 0 Å². The number of hydrogen-bond acceptors (Lipinski definition) is 4. The largest absolute Gasteiger partial charge is 0.379 e. The van der Waals surface area contributed by atoms with E-state index in [2.05, 4.69) is 29.7 Å². The van der Waals surface area contributed by atoms with Crippen LogP contribution in [0.25, 0.3) is 0 Å². The van der Waals surface area contributed by atoms with Crippen LogP contribution >= 0.6 is 23.8 Å². The lowest BCUT2D eigenvalue weighted by Gasteiger charge is -2.38. The number of thiocarbonyl (C=S) groups is 1. The second-order valence-corrected chi connectivity index (χ2v) is 9.44. The topological polar surface area (TPSA) is 28.1 Å². The number of anilines is 1. The molecule has 3 fully saturated rings. The lowest BCUT2D eigenvalue weighted by molar-refractivity contribution is 0.0172. The van der Waals surface area contributed by atoms with Gasteiger partial charge in [-0.05, 0) is 25.0 Å². The maximum atomic E-state index is 6.61. The number of halogens is 1. The van der Waals surface area contributed by atoms with E-state index < -0.39 is 0 Å². The van der Waals surface area contributed by atoms with Crippen LogP contribution in [-0.4, -0.2) is 54.1 Å². The Balaban J connectivity index is 1.80. The van der Waals surface area contributed by atoms with Gasteiger partial charge in [0.15, 0.2) is 0 Å². The molecule has 1 saturated carbocycles. The van der Waals surface area contributed by atoms with Gasteiger partial charge in [0.05, 0.1) is 41.0 Å². The molecule has 1 aromatic carbocycles. The Kier molecular flexibility index (Phi) is 6.07. The van der Waals surface area contributed by atoms with Gasteiger partial charge in [-0.2, -0.15) is 0 Å². The molecule has 0 spiro atoms. The maximum Gasteiger partial charge on any atom is 0.127 e. The molecule has 0 aromatic heterocycles. The molecule has 0 amide bonds. The molecule has 1 aromatic rings. The fourth-order valence-corrected chi connectivity index (χ4v) is 5.32. The lowest BCUT2D eigenvalue weighted by atomic mass is 9.85. The molecular formula is C22H30ClN3OS. The van der Waals surface area contributed by atoms with Crippen molar-refractivity contribution in [1.29, 1.82) is 0 Å². The predicted molar refractivity (Wildman–Crippen MR) is 121 cm³/mol. The molecule has 4 nitrogen and oxygen atoms in total. The summed E-state index contributed by atoms with van der Waals surface area (Å²) >= 11 is 12.7. The van der Waals surface area contributed by atoms with Gasteiger partial charge >= 0.3 is 0 Å². The minimum Gasteiger partial charge on any atom is -0.379 e. The van der Waals surface area contributed by atoms with Crippen LogP contribution in [-0.2, 0) is 4.74 Å². The highest BCUT2D eigenvalue weighted by Gasteiger charge is 2.52. The van der Waals surface area contributed by atoms with Gasteiger partial charge in [-0.25, -0.2) is 0 Å². The maximum absolute atomic E-state index is 6.61. The second kappa shape index (κ2) is 8.39. The van der Waals surface area contributed by atoms with Crippen molar-refractivity contribution in [2.75, 3.05) is 31.2 Å². The Bertz CT molecular complexity index is 754. The van der Waals surface area contributed by atoms with Gasteiger partial charge in [-0.1, -0.05) is 69.1 Å². The average Bonchev–Trinajstić information content (AvgIpc) is 2.89. The van der Waals surface area contributed by atoms with Crippen LogP contribution in [0.2, 0.25) is 5.02 Å². The molecule has 4 rings (SSSR count). The lowest BCUT2D eigenvalue weighted by Crippen LogP contribution is -2.52. The number of aliphatic imine (C=N–C) groups is 1. The summed E-state index contributed by atoms with van der Waals surface area (Å²) in [6.07, 6.45) is 6.20. The highest BCUT2D eigenvalue weighted by molar-refractivity contribution is 7.80. The monoisotopic (exact) mass is 419 g/mol. The number of amidine groups is 1. The van der Waals surface area contributed by atoms with E-state index >= 15 is 0 Å². The van der Waals surface area contributed by atoms with Crippen LogP contribution in [0, 0.1) is 5.41 Å². The van der Waals surface area contributed by atoms with E-state index in [1.807, 2.05) is 18.2 Å². The van der Waals surface area contributed by atoms with Crippen LogP contribution in [0.3, 0.4) is 0 Å². The van der Waals surface area contributed by atoms with Crippen molar-refractivity contribution >= 4 is 40.3 Å². The standard InChI is InChI=1S/C22H30ClN3OS/c1-22(2)19(25-12-14-27-15-13-25)20(24-16-8-4-3-5-9-16)26(21(22)28)18-11-7-6-10-17(18)23/h6-7,10-11,16,19H,3-5,8-9,12-15H2,1-2H3/t19-/m1/s1. The van der Waals surface area contributed by atoms with Crippen molar-refractivity contribution < 1.29 is 4.74 Å². The Morgan fingerprint density at radius 3 is 2.46 bits per heavy atom. The zero-order valence-corrected chi connectivity index (χ0v) is 18.4. The Hall–Kier alpha value is -1.01. The summed E-state index contributed by atoms with van der Waals surface area (Å²) in [7, 11) is 0. The molecule has 0 radical (unpaired) electrons. The van der Waals surface area contributed by atoms with Crippen molar-refractivity contribution in [2.24, 2.45) is 10.4 Å². The van der Waals surface area contributed by atoms with Crippen LogP contribution in [0.4, 0.5) is 5.69 Å². The van der Waals surface area contributed by atoms with Crippen molar-refractivity contribution in [3.05, 3.63) is 29.3 Å². The minimum absolute atomic E-state index is 0.155. The normalized spacial score (nSPS) is 28.2. The number of nitrogens with zero attached hydrogens (tertiary/aromatic N) is 3. The van der Waals surface area contributed by atoms with E-state index in [0.717, 1.165) is 47.8 Å². The van der Waals surface area contributed by atoms with Gasteiger partial charge in [0, 0.05) is 18.5 Å². The molecule has 0 unspecified atom stereocenters. The smallest absolute Gasteiger partial charge is 0.127 e. The molecule has 1 aliphatic carbocycles. The number of benzene rings is 1. The van der Waals surface area contributed by atoms with Crippen molar-refractivity contribution in [2.45, 2.75) is 58.0 Å². The van der Waals surface area contributed by atoms with Gasteiger partial charge in [0.25, 0.3) is 0 Å². The third-order valence-corrected chi connectivity index (χ3v) is 7.33. The summed E-state index contributed by atoms with van der Waals surface area (Å²) in [5.74, 6) is 1.08. The first-order valence-electron chi connectivity index (χ1n) is 10.5. The van der Waals surface area contributed by atoms with Crippen molar-refractivity contribution in [1.82, 2.24) is 4.90 Å². The van der Waals surface area contributed by atoms with Crippen LogP contribution in [0.1, 0.15) is 46.0 Å². The minimum atomic E-state index is -0.195. The second-order valence-electron chi connectivity index (χ2n) is 8.64. The molecule has 1 atom stereocenters. The molecule has 28 heavy (non-hydrogen) atoms.